The zero-order valence-electron chi connectivity index (χ0n) is 16.7. The molecule has 0 radical (unpaired) electrons. The highest BCUT2D eigenvalue weighted by molar-refractivity contribution is 6.31. The number of hydrogen-bond acceptors (Lipinski definition) is 4. The second-order valence-electron chi connectivity index (χ2n) is 7.54. The number of aliphatic hydroxyl groups is 2. The molecular formula is C21H22ClF4N3O3. The maximum atomic E-state index is 14.5. The topological polar surface area (TPSA) is 84.8 Å². The average molecular weight is 476 g/mol. The molecule has 0 saturated heterocycles. The molecule has 4 N–H and O–H groups in total. The van der Waals surface area contributed by atoms with Gasteiger partial charge in [0.05, 0.1) is 29.3 Å². The van der Waals surface area contributed by atoms with Crippen LogP contribution in [0.15, 0.2) is 54.2 Å². The summed E-state index contributed by atoms with van der Waals surface area (Å²) in [5, 5.41) is 23.3. The Bertz CT molecular complexity index is 949. The van der Waals surface area contributed by atoms with Gasteiger partial charge in [0.25, 0.3) is 0 Å². The smallest absolute Gasteiger partial charge is 0.394 e. The fourth-order valence-electron chi connectivity index (χ4n) is 3.51. The Morgan fingerprint density at radius 1 is 1.38 bits per heavy atom. The lowest BCUT2D eigenvalue weighted by molar-refractivity contribution is -0.137. The minimum absolute atomic E-state index is 0.117. The largest absolute Gasteiger partial charge is 0.417 e. The van der Waals surface area contributed by atoms with Crippen molar-refractivity contribution >= 4 is 23.3 Å². The van der Waals surface area contributed by atoms with Crippen LogP contribution in [0.5, 0.6) is 0 Å². The van der Waals surface area contributed by atoms with E-state index in [1.807, 2.05) is 0 Å². The molecule has 0 bridgehead atoms. The minimum atomic E-state index is -4.59. The molecule has 1 aromatic rings. The summed E-state index contributed by atoms with van der Waals surface area (Å²) in [7, 11) is 0. The number of hydrogen-bond donors (Lipinski definition) is 4. The Hall–Kier alpha value is -2.56. The maximum Gasteiger partial charge on any atom is 0.417 e. The summed E-state index contributed by atoms with van der Waals surface area (Å²) in [6.07, 6.45) is 1.09. The van der Waals surface area contributed by atoms with Gasteiger partial charge in [-0.3, -0.25) is 0 Å². The summed E-state index contributed by atoms with van der Waals surface area (Å²) in [6, 6.07) is 1.77. The van der Waals surface area contributed by atoms with Gasteiger partial charge >= 0.3 is 12.2 Å². The van der Waals surface area contributed by atoms with Crippen LogP contribution in [0.2, 0.25) is 5.02 Å². The first kappa shape index (κ1) is 24.1. The summed E-state index contributed by atoms with van der Waals surface area (Å²) in [6.45, 7) is -0.148. The van der Waals surface area contributed by atoms with Crippen molar-refractivity contribution in [3.05, 3.63) is 64.7 Å². The third-order valence-electron chi connectivity index (χ3n) is 5.18. The van der Waals surface area contributed by atoms with Gasteiger partial charge in [0, 0.05) is 37.0 Å². The number of alkyl halides is 3. The molecule has 11 heteroatoms. The number of benzene rings is 1. The van der Waals surface area contributed by atoms with E-state index < -0.39 is 47.4 Å². The van der Waals surface area contributed by atoms with E-state index in [4.69, 9.17) is 16.7 Å². The summed E-state index contributed by atoms with van der Waals surface area (Å²) < 4.78 is 52.9. The van der Waals surface area contributed by atoms with Crippen molar-refractivity contribution in [2.24, 2.45) is 5.92 Å². The highest BCUT2D eigenvalue weighted by Crippen LogP contribution is 2.36. The van der Waals surface area contributed by atoms with E-state index >= 15 is 0 Å². The van der Waals surface area contributed by atoms with Crippen LogP contribution in [0.4, 0.5) is 28.0 Å². The van der Waals surface area contributed by atoms with E-state index in [1.54, 1.807) is 12.3 Å². The number of allylic oxidation sites excluding steroid dienone is 1. The van der Waals surface area contributed by atoms with E-state index in [0.717, 1.165) is 18.2 Å². The van der Waals surface area contributed by atoms with E-state index in [2.05, 4.69) is 10.6 Å². The van der Waals surface area contributed by atoms with Crippen molar-refractivity contribution in [2.45, 2.75) is 31.2 Å². The van der Waals surface area contributed by atoms with Crippen LogP contribution >= 0.6 is 11.6 Å². The van der Waals surface area contributed by atoms with Crippen LogP contribution < -0.4 is 10.6 Å². The van der Waals surface area contributed by atoms with Gasteiger partial charge in [0.2, 0.25) is 0 Å². The molecule has 2 aliphatic heterocycles. The molecule has 174 valence electrons. The van der Waals surface area contributed by atoms with Crippen LogP contribution in [0.25, 0.3) is 0 Å². The van der Waals surface area contributed by atoms with Crippen molar-refractivity contribution in [3.63, 3.8) is 0 Å². The van der Waals surface area contributed by atoms with E-state index in [0.29, 0.717) is 12.0 Å². The lowest BCUT2D eigenvalue weighted by Gasteiger charge is -2.32. The van der Waals surface area contributed by atoms with Crippen molar-refractivity contribution in [2.75, 3.05) is 18.5 Å². The van der Waals surface area contributed by atoms with Crippen molar-refractivity contribution < 1.29 is 32.6 Å². The number of urea groups is 1. The number of rotatable bonds is 5. The third-order valence-corrected chi connectivity index (χ3v) is 5.49. The summed E-state index contributed by atoms with van der Waals surface area (Å²) >= 11 is 5.67. The van der Waals surface area contributed by atoms with Gasteiger partial charge < -0.3 is 25.7 Å². The molecule has 0 aliphatic carbocycles. The van der Waals surface area contributed by atoms with Crippen LogP contribution in [-0.4, -0.2) is 46.4 Å². The van der Waals surface area contributed by atoms with E-state index in [1.165, 1.54) is 17.2 Å². The Labute approximate surface area is 186 Å². The van der Waals surface area contributed by atoms with Gasteiger partial charge in [-0.1, -0.05) is 17.7 Å². The van der Waals surface area contributed by atoms with Crippen LogP contribution in [0, 0.1) is 5.92 Å². The molecule has 2 amide bonds. The predicted molar refractivity (Wildman–Crippen MR) is 111 cm³/mol. The summed E-state index contributed by atoms with van der Waals surface area (Å²) in [5.74, 6) is -0.657. The number of nitrogens with zero attached hydrogens (tertiary/aromatic N) is 1. The first-order chi connectivity index (χ1) is 15.1. The fourth-order valence-corrected chi connectivity index (χ4v) is 3.79. The van der Waals surface area contributed by atoms with E-state index in [9.17, 15) is 27.5 Å². The van der Waals surface area contributed by atoms with Gasteiger partial charge in [0.1, 0.15) is 5.83 Å². The molecule has 0 fully saturated rings. The standard InChI is InChI=1S/C21H22ClF4N3O3/c22-17-9-14(1-2-16(17)21(24,25)26)28-20(32)29-5-3-13(4-6-29)19-18(23)8-12(10-27-19)7-15(31)11-30/h1-3,5,8-10,13,15,19,27,30-31H,4,6-7,11H2,(H,28,32)/t13?,15-,19?/m1/s1. The molecule has 2 aliphatic rings. The van der Waals surface area contributed by atoms with Gasteiger partial charge in [-0.25, -0.2) is 9.18 Å². The number of nitrogens with one attached hydrogen (secondary N) is 2. The van der Waals surface area contributed by atoms with Crippen LogP contribution in [0.3, 0.4) is 0 Å². The van der Waals surface area contributed by atoms with Gasteiger partial charge in [-0.2, -0.15) is 13.2 Å². The lowest BCUT2D eigenvalue weighted by atomic mass is 9.90. The van der Waals surface area contributed by atoms with Crippen LogP contribution in [-0.2, 0) is 6.18 Å². The first-order valence-corrected chi connectivity index (χ1v) is 10.2. The third kappa shape index (κ3) is 5.81. The molecule has 0 spiro atoms. The zero-order valence-corrected chi connectivity index (χ0v) is 17.5. The summed E-state index contributed by atoms with van der Waals surface area (Å²) in [4.78, 5) is 13.8. The maximum absolute atomic E-state index is 14.5. The van der Waals surface area contributed by atoms with Crippen molar-refractivity contribution in [3.8, 4) is 0 Å². The Kier molecular flexibility index (Phi) is 7.47. The average Bonchev–Trinajstić information content (AvgIpc) is 2.73. The molecule has 6 nitrogen and oxygen atoms in total. The number of carbonyl (C=O) groups excluding carboxylic acids is 1. The predicted octanol–water partition coefficient (Wildman–Crippen LogP) is 4.18. The first-order valence-electron chi connectivity index (χ1n) is 9.82. The Morgan fingerprint density at radius 2 is 2.12 bits per heavy atom. The number of aliphatic hydroxyl groups excluding tert-OH is 2. The molecule has 3 atom stereocenters. The number of anilines is 1. The number of halogens is 5. The normalized spacial score (nSPS) is 22.0. The van der Waals surface area contributed by atoms with Gasteiger partial charge in [-0.15, -0.1) is 0 Å². The number of carbonyl (C=O) groups is 1. The highest BCUT2D eigenvalue weighted by atomic mass is 35.5. The second kappa shape index (κ2) is 9.93. The molecule has 1 aromatic carbocycles. The second-order valence-corrected chi connectivity index (χ2v) is 7.95. The van der Waals surface area contributed by atoms with Crippen LogP contribution in [0.1, 0.15) is 18.4 Å². The number of dihydropyridines is 1. The molecule has 0 saturated carbocycles. The zero-order chi connectivity index (χ0) is 23.5. The van der Waals surface area contributed by atoms with Crippen molar-refractivity contribution in [1.82, 2.24) is 10.2 Å². The molecule has 3 rings (SSSR count). The molecule has 2 unspecified atom stereocenters. The van der Waals surface area contributed by atoms with Gasteiger partial charge in [0.15, 0.2) is 0 Å². The summed E-state index contributed by atoms with van der Waals surface area (Å²) in [5.41, 5.74) is -0.346. The number of amides is 2. The molecular weight excluding hydrogens is 454 g/mol. The van der Waals surface area contributed by atoms with Crippen molar-refractivity contribution in [1.29, 1.82) is 0 Å². The monoisotopic (exact) mass is 475 g/mol. The highest BCUT2D eigenvalue weighted by Gasteiger charge is 2.33. The Morgan fingerprint density at radius 3 is 2.69 bits per heavy atom. The fraction of sp³-hybridized carbons (Fsp3) is 0.381. The molecule has 2 heterocycles. The van der Waals surface area contributed by atoms with E-state index in [-0.39, 0.29) is 24.6 Å². The SMILES string of the molecule is O=C(Nc1ccc(C(F)(F)F)c(Cl)c1)N1C=CC(C2NC=C(C[C@@H](O)CO)C=C2F)CC1. The molecule has 32 heavy (non-hydrogen) atoms. The Balaban J connectivity index is 1.58. The quantitative estimate of drug-likeness (QED) is 0.481. The molecule has 0 aromatic heterocycles. The van der Waals surface area contributed by atoms with Gasteiger partial charge in [-0.05, 0) is 36.3 Å². The minimum Gasteiger partial charge on any atom is -0.394 e. The lowest BCUT2D eigenvalue weighted by Crippen LogP contribution is -2.41.